The number of hydrogen-bond donors (Lipinski definition) is 3. The maximum atomic E-state index is 11.8. The van der Waals surface area contributed by atoms with Crippen molar-refractivity contribution in [2.24, 2.45) is 5.92 Å². The highest BCUT2D eigenvalue weighted by Gasteiger charge is 2.73. The summed E-state index contributed by atoms with van der Waals surface area (Å²) in [4.78, 5) is 0. The number of nitrogens with one attached hydrogen (secondary N) is 1. The average Bonchev–Trinajstić information content (AvgIpc) is 2.98. The van der Waals surface area contributed by atoms with Crippen LogP contribution in [0.3, 0.4) is 0 Å². The van der Waals surface area contributed by atoms with Gasteiger partial charge in [-0.2, -0.15) is 0 Å². The van der Waals surface area contributed by atoms with Gasteiger partial charge < -0.3 is 20.3 Å². The smallest absolute Gasteiger partial charge is 0.165 e. The lowest BCUT2D eigenvalue weighted by atomic mass is 9.58. The highest BCUT2D eigenvalue weighted by Crippen LogP contribution is 2.68. The largest absolute Gasteiger partial charge is 0.504 e. The molecule has 1 aliphatic heterocycles. The first-order valence-electron chi connectivity index (χ1n) is 8.70. The van der Waals surface area contributed by atoms with Gasteiger partial charge in [-0.25, -0.2) is 0 Å². The quantitative estimate of drug-likeness (QED) is 0.747. The molecule has 0 aromatic heterocycles. The Morgan fingerprint density at radius 3 is 3.13 bits per heavy atom. The second-order valence-corrected chi connectivity index (χ2v) is 7.69. The van der Waals surface area contributed by atoms with Crippen molar-refractivity contribution in [2.45, 2.75) is 55.3 Å². The van der Waals surface area contributed by atoms with E-state index in [0.717, 1.165) is 37.7 Å². The average molecular weight is 313 g/mol. The Morgan fingerprint density at radius 1 is 1.43 bits per heavy atom. The van der Waals surface area contributed by atoms with Gasteiger partial charge in [-0.3, -0.25) is 0 Å². The zero-order valence-electron chi connectivity index (χ0n) is 13.2. The molecule has 4 aliphatic rings. The van der Waals surface area contributed by atoms with Crippen LogP contribution in [0.1, 0.15) is 36.8 Å². The third kappa shape index (κ3) is 1.41. The first kappa shape index (κ1) is 13.9. The molecule has 4 nitrogen and oxygen atoms in total. The summed E-state index contributed by atoms with van der Waals surface area (Å²) in [6.45, 7) is 4.51. The predicted octanol–water partition coefficient (Wildman–Crippen LogP) is 2.03. The number of phenolic OH excluding ortho intramolecular Hbond substituents is 1. The molecule has 2 bridgehead atoms. The van der Waals surface area contributed by atoms with E-state index in [4.69, 9.17) is 4.74 Å². The molecular formula is C19H23NO3. The number of fused-ring (bicyclic) bond motifs is 1. The van der Waals surface area contributed by atoms with Gasteiger partial charge in [-0.15, -0.1) is 6.58 Å². The molecule has 5 atom stereocenters. The van der Waals surface area contributed by atoms with Crippen molar-refractivity contribution in [2.75, 3.05) is 6.54 Å². The molecule has 4 heteroatoms. The molecule has 5 rings (SSSR count). The lowest BCUT2D eigenvalue weighted by molar-refractivity contribution is -0.0979. The minimum Gasteiger partial charge on any atom is -0.504 e. The van der Waals surface area contributed by atoms with Crippen LogP contribution in [0.5, 0.6) is 11.5 Å². The van der Waals surface area contributed by atoms with Gasteiger partial charge in [0.05, 0.1) is 11.0 Å². The lowest BCUT2D eigenvalue weighted by Gasteiger charge is -2.49. The number of benzene rings is 1. The minimum absolute atomic E-state index is 0.0124. The lowest BCUT2D eigenvalue weighted by Crippen LogP contribution is -2.63. The fourth-order valence-electron chi connectivity index (χ4n) is 6.16. The predicted molar refractivity (Wildman–Crippen MR) is 86.8 cm³/mol. The first-order chi connectivity index (χ1) is 11.1. The van der Waals surface area contributed by atoms with Crippen LogP contribution in [0, 0.1) is 5.92 Å². The molecule has 3 unspecified atom stereocenters. The van der Waals surface area contributed by atoms with Crippen molar-refractivity contribution in [3.05, 3.63) is 35.9 Å². The summed E-state index contributed by atoms with van der Waals surface area (Å²) in [6.07, 6.45) is 6.46. The highest BCUT2D eigenvalue weighted by molar-refractivity contribution is 5.62. The first-order valence-corrected chi connectivity index (χ1v) is 8.70. The van der Waals surface area contributed by atoms with Gasteiger partial charge in [-0.05, 0) is 49.7 Å². The molecule has 1 heterocycles. The monoisotopic (exact) mass is 313 g/mol. The van der Waals surface area contributed by atoms with E-state index in [1.165, 1.54) is 5.56 Å². The van der Waals surface area contributed by atoms with Crippen LogP contribution in [0.4, 0.5) is 0 Å². The third-order valence-electron chi connectivity index (χ3n) is 6.81. The minimum atomic E-state index is -0.798. The van der Waals surface area contributed by atoms with Crippen LogP contribution in [-0.4, -0.2) is 34.5 Å². The molecule has 0 amide bonds. The Kier molecular flexibility index (Phi) is 2.60. The van der Waals surface area contributed by atoms with E-state index in [1.54, 1.807) is 6.07 Å². The molecule has 0 radical (unpaired) electrons. The molecule has 23 heavy (non-hydrogen) atoms. The van der Waals surface area contributed by atoms with Crippen LogP contribution in [0.2, 0.25) is 0 Å². The number of phenols is 1. The normalized spacial score (nSPS) is 42.2. The van der Waals surface area contributed by atoms with E-state index in [9.17, 15) is 10.2 Å². The molecule has 1 spiro atoms. The zero-order chi connectivity index (χ0) is 15.8. The second kappa shape index (κ2) is 4.31. The van der Waals surface area contributed by atoms with Gasteiger partial charge in [0.2, 0.25) is 0 Å². The van der Waals surface area contributed by atoms with Gasteiger partial charge in [0.15, 0.2) is 11.5 Å². The fraction of sp³-hybridized carbons (Fsp3) is 0.579. The number of aliphatic hydroxyl groups is 1. The summed E-state index contributed by atoms with van der Waals surface area (Å²) >= 11 is 0. The van der Waals surface area contributed by atoms with Gasteiger partial charge in [0, 0.05) is 18.2 Å². The summed E-state index contributed by atoms with van der Waals surface area (Å²) in [7, 11) is 0. The summed E-state index contributed by atoms with van der Waals surface area (Å²) in [5, 5.41) is 25.7. The second-order valence-electron chi connectivity index (χ2n) is 7.69. The third-order valence-corrected chi connectivity index (χ3v) is 6.81. The van der Waals surface area contributed by atoms with Crippen LogP contribution in [0.25, 0.3) is 0 Å². The molecule has 3 N–H and O–H groups in total. The van der Waals surface area contributed by atoms with Gasteiger partial charge in [0.1, 0.15) is 6.10 Å². The van der Waals surface area contributed by atoms with E-state index in [-0.39, 0.29) is 23.3 Å². The Labute approximate surface area is 136 Å². The van der Waals surface area contributed by atoms with E-state index >= 15 is 0 Å². The Bertz CT molecular complexity index is 702. The van der Waals surface area contributed by atoms with Gasteiger partial charge >= 0.3 is 0 Å². The standard InChI is InChI=1S/C19H23NO3/c1-2-8-20-17-12-9-11-5-6-13(21)16-15(11)18(10-12)14(23-16)4-3-7-19(17,18)22/h2,5-6,12,14,17,20-22H,1,3-4,7-10H2/t12?,14?,17?,18-,19-/m0/s1. The summed E-state index contributed by atoms with van der Waals surface area (Å²) in [6, 6.07) is 3.84. The summed E-state index contributed by atoms with van der Waals surface area (Å²) in [5.74, 6) is 1.26. The maximum Gasteiger partial charge on any atom is 0.165 e. The Hall–Kier alpha value is -1.52. The van der Waals surface area contributed by atoms with Crippen molar-refractivity contribution < 1.29 is 14.9 Å². The number of hydrogen-bond acceptors (Lipinski definition) is 4. The zero-order valence-corrected chi connectivity index (χ0v) is 13.2. The molecule has 1 aromatic rings. The van der Waals surface area contributed by atoms with Crippen molar-refractivity contribution >= 4 is 0 Å². The summed E-state index contributed by atoms with van der Waals surface area (Å²) < 4.78 is 6.21. The van der Waals surface area contributed by atoms with E-state index in [0.29, 0.717) is 18.2 Å². The molecule has 0 saturated heterocycles. The molecule has 1 aromatic carbocycles. The van der Waals surface area contributed by atoms with E-state index < -0.39 is 5.60 Å². The van der Waals surface area contributed by atoms with E-state index in [1.807, 2.05) is 12.1 Å². The summed E-state index contributed by atoms with van der Waals surface area (Å²) in [5.41, 5.74) is 1.20. The number of aromatic hydroxyl groups is 1. The molecule has 3 aliphatic carbocycles. The SMILES string of the molecule is C=CCNC1C2Cc3ccc(O)c4c3[C@]3(C2)C(CCC[C@]13O)O4. The Morgan fingerprint density at radius 2 is 2.30 bits per heavy atom. The van der Waals surface area contributed by atoms with Crippen molar-refractivity contribution in [3.8, 4) is 11.5 Å². The van der Waals surface area contributed by atoms with Crippen LogP contribution in [0.15, 0.2) is 24.8 Å². The number of ether oxygens (including phenoxy) is 1. The van der Waals surface area contributed by atoms with Crippen molar-refractivity contribution in [1.29, 1.82) is 0 Å². The van der Waals surface area contributed by atoms with Crippen LogP contribution < -0.4 is 10.1 Å². The molecular weight excluding hydrogens is 290 g/mol. The molecule has 2 saturated carbocycles. The van der Waals surface area contributed by atoms with Gasteiger partial charge in [-0.1, -0.05) is 12.1 Å². The van der Waals surface area contributed by atoms with Crippen molar-refractivity contribution in [3.63, 3.8) is 0 Å². The maximum absolute atomic E-state index is 11.8. The molecule has 122 valence electrons. The van der Waals surface area contributed by atoms with Crippen LogP contribution in [-0.2, 0) is 11.8 Å². The highest BCUT2D eigenvalue weighted by atomic mass is 16.5. The van der Waals surface area contributed by atoms with Gasteiger partial charge in [0.25, 0.3) is 0 Å². The van der Waals surface area contributed by atoms with E-state index in [2.05, 4.69) is 11.9 Å². The fourth-order valence-corrected chi connectivity index (χ4v) is 6.16. The van der Waals surface area contributed by atoms with Crippen LogP contribution >= 0.6 is 0 Å². The topological polar surface area (TPSA) is 61.7 Å². The van der Waals surface area contributed by atoms with Crippen molar-refractivity contribution in [1.82, 2.24) is 5.32 Å². The number of rotatable bonds is 3. The molecule has 2 fully saturated rings. The Balaban J connectivity index is 1.74.